The van der Waals surface area contributed by atoms with Crippen molar-refractivity contribution in [3.8, 4) is 0 Å². The summed E-state index contributed by atoms with van der Waals surface area (Å²) in [6.07, 6.45) is 5.06. The molecule has 0 spiro atoms. The molecule has 0 fully saturated rings. The third kappa shape index (κ3) is 3.48. The maximum absolute atomic E-state index is 5.83. The summed E-state index contributed by atoms with van der Waals surface area (Å²) in [4.78, 5) is 3.93. The third-order valence-electron chi connectivity index (χ3n) is 2.76. The highest BCUT2D eigenvalue weighted by molar-refractivity contribution is 5.97. The summed E-state index contributed by atoms with van der Waals surface area (Å²) >= 11 is 0. The largest absolute Gasteiger partial charge is 0.382 e. The Morgan fingerprint density at radius 3 is 2.58 bits per heavy atom. The molecule has 0 unspecified atom stereocenters. The molecule has 0 amide bonds. The monoisotopic (exact) mass is 252 g/mol. The van der Waals surface area contributed by atoms with Crippen LogP contribution in [0.4, 0.5) is 0 Å². The zero-order valence-corrected chi connectivity index (χ0v) is 11.0. The molecular formula is C15H16N4. The van der Waals surface area contributed by atoms with Crippen molar-refractivity contribution in [3.63, 3.8) is 0 Å². The predicted molar refractivity (Wildman–Crippen MR) is 78.5 cm³/mol. The van der Waals surface area contributed by atoms with Gasteiger partial charge in [0, 0.05) is 18.0 Å². The maximum Gasteiger partial charge on any atom is 0.153 e. The highest BCUT2D eigenvalue weighted by Gasteiger charge is 1.96. The van der Waals surface area contributed by atoms with E-state index in [1.165, 1.54) is 11.1 Å². The van der Waals surface area contributed by atoms with E-state index in [2.05, 4.69) is 28.2 Å². The average molecular weight is 252 g/mol. The van der Waals surface area contributed by atoms with Gasteiger partial charge in [0.05, 0.1) is 6.21 Å². The van der Waals surface area contributed by atoms with Gasteiger partial charge in [-0.25, -0.2) is 0 Å². The van der Waals surface area contributed by atoms with Crippen LogP contribution < -0.4 is 5.73 Å². The first-order valence-electron chi connectivity index (χ1n) is 6.01. The molecule has 0 aliphatic heterocycles. The fraction of sp³-hybridized carbons (Fsp3) is 0.133. The molecule has 0 aliphatic rings. The van der Waals surface area contributed by atoms with Crippen molar-refractivity contribution in [1.82, 2.24) is 4.98 Å². The minimum Gasteiger partial charge on any atom is -0.382 e. The number of pyridine rings is 1. The van der Waals surface area contributed by atoms with Gasteiger partial charge < -0.3 is 5.73 Å². The molecule has 0 atom stereocenters. The lowest BCUT2D eigenvalue weighted by Gasteiger charge is -2.00. The van der Waals surface area contributed by atoms with Crippen LogP contribution in [0.25, 0.3) is 0 Å². The fourth-order valence-corrected chi connectivity index (χ4v) is 1.70. The van der Waals surface area contributed by atoms with Gasteiger partial charge in [0.15, 0.2) is 5.84 Å². The number of nitrogens with two attached hydrogens (primary N) is 1. The summed E-state index contributed by atoms with van der Waals surface area (Å²) in [6, 6.07) is 9.77. The number of benzene rings is 1. The minimum atomic E-state index is 0.378. The summed E-state index contributed by atoms with van der Waals surface area (Å²) in [5.41, 5.74) is 10.1. The van der Waals surface area contributed by atoms with Crippen LogP contribution in [0.3, 0.4) is 0 Å². The van der Waals surface area contributed by atoms with Crippen molar-refractivity contribution in [1.29, 1.82) is 0 Å². The molecule has 2 rings (SSSR count). The van der Waals surface area contributed by atoms with Gasteiger partial charge in [0.25, 0.3) is 0 Å². The Balaban J connectivity index is 2.15. The first kappa shape index (κ1) is 13.0. The summed E-state index contributed by atoms with van der Waals surface area (Å²) in [5, 5.41) is 8.02. The molecule has 1 aromatic heterocycles. The van der Waals surface area contributed by atoms with Gasteiger partial charge in [-0.05, 0) is 37.1 Å². The van der Waals surface area contributed by atoms with Crippen LogP contribution in [-0.2, 0) is 0 Å². The summed E-state index contributed by atoms with van der Waals surface area (Å²) in [5.74, 6) is 0.378. The molecule has 19 heavy (non-hydrogen) atoms. The highest BCUT2D eigenvalue weighted by Crippen LogP contribution is 2.08. The van der Waals surface area contributed by atoms with Gasteiger partial charge in [-0.3, -0.25) is 4.98 Å². The summed E-state index contributed by atoms with van der Waals surface area (Å²) < 4.78 is 0. The Morgan fingerprint density at radius 2 is 1.89 bits per heavy atom. The molecule has 0 saturated heterocycles. The zero-order valence-electron chi connectivity index (χ0n) is 11.0. The first-order chi connectivity index (χ1) is 9.16. The SMILES string of the molecule is Cc1ccc(/C=N/N=C(\N)c2ccncc2)c(C)c1. The summed E-state index contributed by atoms with van der Waals surface area (Å²) in [7, 11) is 0. The van der Waals surface area contributed by atoms with Crippen molar-refractivity contribution in [2.45, 2.75) is 13.8 Å². The van der Waals surface area contributed by atoms with E-state index in [9.17, 15) is 0 Å². The van der Waals surface area contributed by atoms with E-state index in [1.807, 2.05) is 19.1 Å². The van der Waals surface area contributed by atoms with Gasteiger partial charge >= 0.3 is 0 Å². The smallest absolute Gasteiger partial charge is 0.153 e. The van der Waals surface area contributed by atoms with Crippen molar-refractivity contribution < 1.29 is 0 Å². The van der Waals surface area contributed by atoms with Crippen molar-refractivity contribution >= 4 is 12.1 Å². The van der Waals surface area contributed by atoms with E-state index >= 15 is 0 Å². The molecule has 1 aromatic carbocycles. The van der Waals surface area contributed by atoms with Crippen LogP contribution in [0.15, 0.2) is 52.9 Å². The Morgan fingerprint density at radius 1 is 1.16 bits per heavy atom. The molecule has 0 bridgehead atoms. The fourth-order valence-electron chi connectivity index (χ4n) is 1.70. The molecule has 4 nitrogen and oxygen atoms in total. The van der Waals surface area contributed by atoms with E-state index < -0.39 is 0 Å². The van der Waals surface area contributed by atoms with E-state index in [1.54, 1.807) is 30.7 Å². The molecule has 1 heterocycles. The van der Waals surface area contributed by atoms with Crippen LogP contribution in [0, 0.1) is 13.8 Å². The number of amidine groups is 1. The van der Waals surface area contributed by atoms with E-state index in [0.717, 1.165) is 11.1 Å². The van der Waals surface area contributed by atoms with Crippen molar-refractivity contribution in [3.05, 3.63) is 65.0 Å². The van der Waals surface area contributed by atoms with Crippen molar-refractivity contribution in [2.24, 2.45) is 15.9 Å². The number of nitrogens with zero attached hydrogens (tertiary/aromatic N) is 3. The van der Waals surface area contributed by atoms with Gasteiger partial charge in [0.2, 0.25) is 0 Å². The normalized spacial score (nSPS) is 12.0. The lowest BCUT2D eigenvalue weighted by atomic mass is 10.1. The second-order valence-corrected chi connectivity index (χ2v) is 4.33. The molecule has 0 radical (unpaired) electrons. The molecule has 4 heteroatoms. The van der Waals surface area contributed by atoms with E-state index in [0.29, 0.717) is 5.84 Å². The molecule has 0 saturated carbocycles. The second-order valence-electron chi connectivity index (χ2n) is 4.33. The Bertz CT molecular complexity index is 615. The van der Waals surface area contributed by atoms with Gasteiger partial charge in [-0.1, -0.05) is 23.8 Å². The van der Waals surface area contributed by atoms with E-state index in [4.69, 9.17) is 5.73 Å². The molecular weight excluding hydrogens is 236 g/mol. The van der Waals surface area contributed by atoms with Crippen LogP contribution in [0.1, 0.15) is 22.3 Å². The molecule has 96 valence electrons. The van der Waals surface area contributed by atoms with Crippen LogP contribution in [-0.4, -0.2) is 17.0 Å². The standard InChI is InChI=1S/C15H16N4/c1-11-3-4-14(12(2)9-11)10-18-19-15(16)13-5-7-17-8-6-13/h3-10H,1-2H3,(H2,16,19)/b18-10+. The number of rotatable bonds is 3. The highest BCUT2D eigenvalue weighted by atomic mass is 15.2. The number of hydrogen-bond acceptors (Lipinski definition) is 3. The minimum absolute atomic E-state index is 0.378. The maximum atomic E-state index is 5.83. The van der Waals surface area contributed by atoms with Crippen molar-refractivity contribution in [2.75, 3.05) is 0 Å². The van der Waals surface area contributed by atoms with Gasteiger partial charge in [0.1, 0.15) is 0 Å². The van der Waals surface area contributed by atoms with Crippen LogP contribution in [0.5, 0.6) is 0 Å². The van der Waals surface area contributed by atoms with Gasteiger partial charge in [-0.15, -0.1) is 5.10 Å². The predicted octanol–water partition coefficient (Wildman–Crippen LogP) is 2.44. The van der Waals surface area contributed by atoms with E-state index in [-0.39, 0.29) is 0 Å². The lowest BCUT2D eigenvalue weighted by molar-refractivity contribution is 1.22. The van der Waals surface area contributed by atoms with Crippen LogP contribution >= 0.6 is 0 Å². The van der Waals surface area contributed by atoms with Gasteiger partial charge in [-0.2, -0.15) is 5.10 Å². The Kier molecular flexibility index (Phi) is 4.03. The molecule has 2 aromatic rings. The number of aryl methyl sites for hydroxylation is 2. The quantitative estimate of drug-likeness (QED) is 0.518. The average Bonchev–Trinajstić information content (AvgIpc) is 2.42. The molecule has 0 aliphatic carbocycles. The van der Waals surface area contributed by atoms with Crippen LogP contribution in [0.2, 0.25) is 0 Å². The zero-order chi connectivity index (χ0) is 13.7. The summed E-state index contributed by atoms with van der Waals surface area (Å²) in [6.45, 7) is 4.11. The number of aromatic nitrogens is 1. The second kappa shape index (κ2) is 5.91. The Hall–Kier alpha value is -2.49. The first-order valence-corrected chi connectivity index (χ1v) is 6.01. The Labute approximate surface area is 112 Å². The lowest BCUT2D eigenvalue weighted by Crippen LogP contribution is -2.12. The number of hydrogen-bond donors (Lipinski definition) is 1. The topological polar surface area (TPSA) is 63.6 Å². The molecule has 2 N–H and O–H groups in total. The third-order valence-corrected chi connectivity index (χ3v) is 2.76.